The van der Waals surface area contributed by atoms with E-state index in [9.17, 15) is 19.2 Å². The summed E-state index contributed by atoms with van der Waals surface area (Å²) in [6.45, 7) is 0.506. The van der Waals surface area contributed by atoms with Gasteiger partial charge in [-0.25, -0.2) is 0 Å². The second kappa shape index (κ2) is 6.91. The van der Waals surface area contributed by atoms with Gasteiger partial charge in [0.15, 0.2) is 5.78 Å². The number of likely N-dealkylation sites (tertiary alicyclic amines) is 1. The molecule has 2 aliphatic heterocycles. The number of Topliss-reactive ketones (excluding diaryl/α,β-unsaturated/α-hetero) is 1. The van der Waals surface area contributed by atoms with Crippen LogP contribution in [0.15, 0.2) is 24.3 Å². The Labute approximate surface area is 158 Å². The lowest BCUT2D eigenvalue weighted by Gasteiger charge is -2.30. The van der Waals surface area contributed by atoms with Crippen LogP contribution < -0.4 is 4.90 Å². The van der Waals surface area contributed by atoms with Crippen molar-refractivity contribution in [3.63, 3.8) is 0 Å². The van der Waals surface area contributed by atoms with Crippen molar-refractivity contribution in [3.05, 3.63) is 29.8 Å². The molecule has 2 heterocycles. The molecule has 0 aromatic heterocycles. The third-order valence-corrected chi connectivity index (χ3v) is 6.18. The average molecular weight is 368 g/mol. The van der Waals surface area contributed by atoms with Crippen molar-refractivity contribution in [2.45, 2.75) is 51.4 Å². The Morgan fingerprint density at radius 1 is 0.926 bits per heavy atom. The topological polar surface area (TPSA) is 74.8 Å². The second-order valence-corrected chi connectivity index (χ2v) is 7.92. The van der Waals surface area contributed by atoms with E-state index < -0.39 is 5.41 Å². The van der Waals surface area contributed by atoms with Gasteiger partial charge in [0, 0.05) is 30.6 Å². The fourth-order valence-corrected chi connectivity index (χ4v) is 4.62. The van der Waals surface area contributed by atoms with E-state index in [1.807, 2.05) is 0 Å². The van der Waals surface area contributed by atoms with E-state index in [0.29, 0.717) is 18.5 Å². The molecule has 1 saturated carbocycles. The van der Waals surface area contributed by atoms with E-state index in [1.165, 1.54) is 0 Å². The predicted molar refractivity (Wildman–Crippen MR) is 99.2 cm³/mol. The molecule has 0 unspecified atom stereocenters. The van der Waals surface area contributed by atoms with Gasteiger partial charge in [0.2, 0.25) is 17.7 Å². The standard InChI is InChI=1S/C21H24N2O4/c24-17(15-6-8-16(9-7-15)22-12-4-5-18(22)25)14-23-19(26)13-21(20(23)27)10-2-1-3-11-21/h6-9H,1-5,10-14H2. The average Bonchev–Trinajstić information content (AvgIpc) is 3.20. The normalized spacial score (nSPS) is 22.1. The van der Waals surface area contributed by atoms with Crippen LogP contribution in [0.25, 0.3) is 0 Å². The predicted octanol–water partition coefficient (Wildman–Crippen LogP) is 2.71. The number of carbonyl (C=O) groups is 4. The minimum atomic E-state index is -0.560. The number of carbonyl (C=O) groups excluding carboxylic acids is 4. The monoisotopic (exact) mass is 368 g/mol. The minimum absolute atomic E-state index is 0.0973. The number of hydrogen-bond donors (Lipinski definition) is 0. The number of imide groups is 1. The Morgan fingerprint density at radius 2 is 1.63 bits per heavy atom. The summed E-state index contributed by atoms with van der Waals surface area (Å²) in [5, 5.41) is 0. The molecule has 0 N–H and O–H groups in total. The lowest BCUT2D eigenvalue weighted by atomic mass is 9.73. The molecule has 1 aromatic carbocycles. The summed E-state index contributed by atoms with van der Waals surface area (Å²) in [5.74, 6) is -0.543. The Bertz CT molecular complexity index is 793. The molecular weight excluding hydrogens is 344 g/mol. The molecule has 27 heavy (non-hydrogen) atoms. The molecule has 142 valence electrons. The van der Waals surface area contributed by atoms with Crippen molar-refractivity contribution in [3.8, 4) is 0 Å². The fourth-order valence-electron chi connectivity index (χ4n) is 4.62. The summed E-state index contributed by atoms with van der Waals surface area (Å²) in [6.07, 6.45) is 6.20. The number of hydrogen-bond acceptors (Lipinski definition) is 4. The van der Waals surface area contributed by atoms with E-state index in [1.54, 1.807) is 29.2 Å². The molecule has 0 radical (unpaired) electrons. The van der Waals surface area contributed by atoms with Crippen LogP contribution in [0.3, 0.4) is 0 Å². The van der Waals surface area contributed by atoms with Gasteiger partial charge < -0.3 is 4.90 Å². The Kier molecular flexibility index (Phi) is 4.58. The Hall–Kier alpha value is -2.50. The number of amides is 3. The molecule has 1 aliphatic carbocycles. The molecule has 0 atom stereocenters. The number of ketones is 1. The first kappa shape index (κ1) is 17.9. The van der Waals surface area contributed by atoms with Crippen LogP contribution in [0.1, 0.15) is 61.7 Å². The zero-order valence-electron chi connectivity index (χ0n) is 15.4. The first-order chi connectivity index (χ1) is 13.0. The van der Waals surface area contributed by atoms with E-state index in [2.05, 4.69) is 0 Å². The third kappa shape index (κ3) is 3.17. The molecule has 0 bridgehead atoms. The fraction of sp³-hybridized carbons (Fsp3) is 0.524. The molecule has 6 nitrogen and oxygen atoms in total. The highest BCUT2D eigenvalue weighted by molar-refractivity contribution is 6.10. The van der Waals surface area contributed by atoms with Crippen molar-refractivity contribution in [1.29, 1.82) is 0 Å². The van der Waals surface area contributed by atoms with Crippen molar-refractivity contribution >= 4 is 29.2 Å². The molecule has 3 amide bonds. The first-order valence-corrected chi connectivity index (χ1v) is 9.79. The maximum atomic E-state index is 12.8. The Balaban J connectivity index is 1.45. The molecule has 3 aliphatic rings. The number of anilines is 1. The smallest absolute Gasteiger partial charge is 0.236 e. The first-order valence-electron chi connectivity index (χ1n) is 9.79. The maximum Gasteiger partial charge on any atom is 0.236 e. The summed E-state index contributed by atoms with van der Waals surface area (Å²) in [5.41, 5.74) is 0.675. The number of nitrogens with zero attached hydrogens (tertiary/aromatic N) is 2. The van der Waals surface area contributed by atoms with Gasteiger partial charge in [0.05, 0.1) is 12.0 Å². The van der Waals surface area contributed by atoms with Gasteiger partial charge in [-0.2, -0.15) is 0 Å². The van der Waals surface area contributed by atoms with Crippen LogP contribution >= 0.6 is 0 Å². The van der Waals surface area contributed by atoms with Gasteiger partial charge >= 0.3 is 0 Å². The van der Waals surface area contributed by atoms with Gasteiger partial charge in [-0.05, 0) is 43.5 Å². The van der Waals surface area contributed by atoms with E-state index in [-0.39, 0.29) is 36.5 Å². The molecule has 1 spiro atoms. The van der Waals surface area contributed by atoms with E-state index in [4.69, 9.17) is 0 Å². The van der Waals surface area contributed by atoms with Gasteiger partial charge in [0.25, 0.3) is 0 Å². The minimum Gasteiger partial charge on any atom is -0.312 e. The van der Waals surface area contributed by atoms with Gasteiger partial charge in [-0.15, -0.1) is 0 Å². The molecule has 1 aromatic rings. The summed E-state index contributed by atoms with van der Waals surface area (Å²) < 4.78 is 0. The van der Waals surface area contributed by atoms with Crippen LogP contribution in [0.2, 0.25) is 0 Å². The van der Waals surface area contributed by atoms with Crippen LogP contribution in [-0.4, -0.2) is 41.5 Å². The summed E-state index contributed by atoms with van der Waals surface area (Å²) in [7, 11) is 0. The molecule has 4 rings (SSSR count). The zero-order chi connectivity index (χ0) is 19.0. The maximum absolute atomic E-state index is 12.8. The van der Waals surface area contributed by atoms with Crippen LogP contribution in [-0.2, 0) is 14.4 Å². The van der Waals surface area contributed by atoms with Crippen molar-refractivity contribution in [2.75, 3.05) is 18.0 Å². The van der Waals surface area contributed by atoms with E-state index in [0.717, 1.165) is 49.1 Å². The van der Waals surface area contributed by atoms with Crippen molar-refractivity contribution < 1.29 is 19.2 Å². The van der Waals surface area contributed by atoms with Crippen LogP contribution in [0, 0.1) is 5.41 Å². The Morgan fingerprint density at radius 3 is 2.26 bits per heavy atom. The zero-order valence-corrected chi connectivity index (χ0v) is 15.4. The third-order valence-electron chi connectivity index (χ3n) is 6.18. The van der Waals surface area contributed by atoms with Gasteiger partial charge in [-0.3, -0.25) is 24.1 Å². The highest BCUT2D eigenvalue weighted by Gasteiger charge is 2.51. The number of rotatable bonds is 4. The van der Waals surface area contributed by atoms with Gasteiger partial charge in [0.1, 0.15) is 0 Å². The largest absolute Gasteiger partial charge is 0.312 e. The molecular formula is C21H24N2O4. The van der Waals surface area contributed by atoms with E-state index >= 15 is 0 Å². The lowest BCUT2D eigenvalue weighted by Crippen LogP contribution is -2.39. The molecule has 3 fully saturated rings. The van der Waals surface area contributed by atoms with Crippen LogP contribution in [0.5, 0.6) is 0 Å². The second-order valence-electron chi connectivity index (χ2n) is 7.92. The van der Waals surface area contributed by atoms with Crippen molar-refractivity contribution in [1.82, 2.24) is 4.90 Å². The lowest BCUT2D eigenvalue weighted by molar-refractivity contribution is -0.141. The van der Waals surface area contributed by atoms with Crippen LogP contribution in [0.4, 0.5) is 5.69 Å². The summed E-state index contributed by atoms with van der Waals surface area (Å²) in [6, 6.07) is 6.86. The summed E-state index contributed by atoms with van der Waals surface area (Å²) in [4.78, 5) is 52.6. The van der Waals surface area contributed by atoms with Gasteiger partial charge in [-0.1, -0.05) is 19.3 Å². The molecule has 6 heteroatoms. The highest BCUT2D eigenvalue weighted by Crippen LogP contribution is 2.45. The highest BCUT2D eigenvalue weighted by atomic mass is 16.2. The molecule has 2 saturated heterocycles. The summed E-state index contributed by atoms with van der Waals surface area (Å²) >= 11 is 0. The quantitative estimate of drug-likeness (QED) is 0.605. The SMILES string of the molecule is O=C(CN1C(=O)CC2(CCCCC2)C1=O)c1ccc(N2CCCC2=O)cc1. The number of benzene rings is 1. The van der Waals surface area contributed by atoms with Crippen molar-refractivity contribution in [2.24, 2.45) is 5.41 Å².